The van der Waals surface area contributed by atoms with Crippen molar-refractivity contribution in [3.8, 4) is 0 Å². The number of esters is 6. The highest BCUT2D eigenvalue weighted by atomic mass is 35.5. The van der Waals surface area contributed by atoms with Gasteiger partial charge in [-0.25, -0.2) is 28.8 Å². The Morgan fingerprint density at radius 2 is 0.945 bits per heavy atom. The van der Waals surface area contributed by atoms with E-state index >= 15 is 0 Å². The van der Waals surface area contributed by atoms with Gasteiger partial charge in [-0.05, 0) is 54.6 Å². The molecule has 0 aliphatic carbocycles. The second-order valence-corrected chi connectivity index (χ2v) is 10.8. The number of methoxy groups -OCH3 is 6. The average molecular weight is 783 g/mol. The lowest BCUT2D eigenvalue weighted by Gasteiger charge is -2.14. The number of nitrogens with zero attached hydrogens (tertiary/aromatic N) is 4. The Morgan fingerprint density at radius 1 is 0.527 bits per heavy atom. The molecule has 2 atom stereocenters. The Labute approximate surface area is 316 Å². The second-order valence-electron chi connectivity index (χ2n) is 10.4. The fourth-order valence-electron chi connectivity index (χ4n) is 4.27. The van der Waals surface area contributed by atoms with Gasteiger partial charge in [-0.2, -0.15) is 20.5 Å². The molecule has 20 nitrogen and oxygen atoms in total. The molecular formula is C34H31ClN6O14. The Hall–Kier alpha value is -7.09. The summed E-state index contributed by atoms with van der Waals surface area (Å²) in [6.45, 7) is 0. The number of hydrogen-bond acceptors (Lipinski definition) is 18. The maximum atomic E-state index is 13.2. The van der Waals surface area contributed by atoms with Gasteiger partial charge in [0.15, 0.2) is 0 Å². The van der Waals surface area contributed by atoms with E-state index in [2.05, 4.69) is 50.0 Å². The summed E-state index contributed by atoms with van der Waals surface area (Å²) in [5, 5.41) is 19.7. The fourth-order valence-corrected chi connectivity index (χ4v) is 4.49. The standard InChI is InChI=1S/C34H31ClN6O14/c1-50-29(44)16-7-10-19(31(46)52-3)23(13-16)38-40-25(33(48)54-5)27(42)36-18-9-12-22(21(35)15-18)37-28(43)26(34(49)55-6)41-39-24-14-17(30(45)51-2)8-11-20(24)32(47)53-4/h7-15,25-26H,1-6H3,(H,36,42)(H,37,43). The highest BCUT2D eigenvalue weighted by molar-refractivity contribution is 6.34. The van der Waals surface area contributed by atoms with E-state index in [9.17, 15) is 38.4 Å². The summed E-state index contributed by atoms with van der Waals surface area (Å²) in [6.07, 6.45) is 0. The number of rotatable bonds is 14. The van der Waals surface area contributed by atoms with Crippen LogP contribution in [0.1, 0.15) is 41.4 Å². The normalized spacial score (nSPS) is 11.8. The molecule has 3 rings (SSSR count). The molecule has 0 saturated carbocycles. The number of benzene rings is 3. The largest absolute Gasteiger partial charge is 0.467 e. The Bertz CT molecular complexity index is 2090. The third-order valence-electron chi connectivity index (χ3n) is 7.05. The van der Waals surface area contributed by atoms with Crippen LogP contribution in [0, 0.1) is 0 Å². The van der Waals surface area contributed by atoms with Crippen LogP contribution >= 0.6 is 11.6 Å². The van der Waals surface area contributed by atoms with Crippen molar-refractivity contribution in [1.29, 1.82) is 0 Å². The molecular weight excluding hydrogens is 752 g/mol. The molecule has 0 bridgehead atoms. The van der Waals surface area contributed by atoms with E-state index in [4.69, 9.17) is 21.1 Å². The lowest BCUT2D eigenvalue weighted by atomic mass is 10.1. The second kappa shape index (κ2) is 19.7. The van der Waals surface area contributed by atoms with Crippen molar-refractivity contribution in [1.82, 2.24) is 0 Å². The van der Waals surface area contributed by atoms with Gasteiger partial charge in [-0.3, -0.25) is 9.59 Å². The van der Waals surface area contributed by atoms with E-state index in [1.165, 1.54) is 42.5 Å². The first-order valence-electron chi connectivity index (χ1n) is 15.2. The van der Waals surface area contributed by atoms with Crippen molar-refractivity contribution in [2.75, 3.05) is 53.3 Å². The number of anilines is 2. The number of carbonyl (C=O) groups excluding carboxylic acids is 8. The van der Waals surface area contributed by atoms with Gasteiger partial charge in [0.25, 0.3) is 11.8 Å². The quantitative estimate of drug-likeness (QED) is 0.101. The molecule has 3 aromatic carbocycles. The minimum Gasteiger partial charge on any atom is -0.467 e. The van der Waals surface area contributed by atoms with Gasteiger partial charge in [0.05, 0.1) is 75.6 Å². The molecule has 0 saturated heterocycles. The van der Waals surface area contributed by atoms with E-state index in [0.29, 0.717) is 0 Å². The van der Waals surface area contributed by atoms with Crippen molar-refractivity contribution in [3.63, 3.8) is 0 Å². The van der Waals surface area contributed by atoms with Gasteiger partial charge in [0.2, 0.25) is 12.1 Å². The number of amides is 2. The molecule has 2 unspecified atom stereocenters. The summed E-state index contributed by atoms with van der Waals surface area (Å²) >= 11 is 6.36. The molecule has 0 aromatic heterocycles. The van der Waals surface area contributed by atoms with E-state index in [1.807, 2.05) is 0 Å². The molecule has 3 aromatic rings. The van der Waals surface area contributed by atoms with E-state index in [-0.39, 0.29) is 50.0 Å². The average Bonchev–Trinajstić information content (AvgIpc) is 3.20. The minimum atomic E-state index is -1.95. The lowest BCUT2D eigenvalue weighted by molar-refractivity contribution is -0.146. The molecule has 55 heavy (non-hydrogen) atoms. The van der Waals surface area contributed by atoms with E-state index in [1.54, 1.807) is 0 Å². The van der Waals surface area contributed by atoms with Gasteiger partial charge in [0.1, 0.15) is 11.4 Å². The van der Waals surface area contributed by atoms with Crippen LogP contribution in [0.2, 0.25) is 5.02 Å². The van der Waals surface area contributed by atoms with E-state index < -0.39 is 59.7 Å². The number of azo groups is 2. The van der Waals surface area contributed by atoms with Crippen molar-refractivity contribution in [2.45, 2.75) is 12.1 Å². The molecule has 2 N–H and O–H groups in total. The van der Waals surface area contributed by atoms with Crippen molar-refractivity contribution >= 4 is 82.0 Å². The van der Waals surface area contributed by atoms with Crippen LogP contribution < -0.4 is 10.6 Å². The Kier molecular flexibility index (Phi) is 15.1. The molecule has 0 aliphatic heterocycles. The van der Waals surface area contributed by atoms with Crippen LogP contribution in [0.15, 0.2) is 75.1 Å². The van der Waals surface area contributed by atoms with Gasteiger partial charge in [-0.1, -0.05) is 11.6 Å². The summed E-state index contributed by atoms with van der Waals surface area (Å²) in [7, 11) is 6.45. The Balaban J connectivity index is 1.87. The van der Waals surface area contributed by atoms with Crippen LogP contribution in [-0.4, -0.2) is 102 Å². The van der Waals surface area contributed by atoms with Crippen LogP contribution in [0.5, 0.6) is 0 Å². The van der Waals surface area contributed by atoms with Crippen molar-refractivity contribution in [3.05, 3.63) is 81.9 Å². The number of nitrogens with one attached hydrogen (secondary N) is 2. The summed E-state index contributed by atoms with van der Waals surface area (Å²) in [4.78, 5) is 100. The SMILES string of the molecule is COC(=O)c1ccc(C(=O)OC)c(N=NC(C(=O)Nc2ccc(NC(=O)C(N=Nc3cc(C(=O)OC)ccc3C(=O)OC)C(=O)OC)c(Cl)c2)C(=O)OC)c1. The molecule has 21 heteroatoms. The van der Waals surface area contributed by atoms with Crippen LogP contribution in [0.4, 0.5) is 22.7 Å². The zero-order valence-corrected chi connectivity index (χ0v) is 30.5. The predicted molar refractivity (Wildman–Crippen MR) is 188 cm³/mol. The molecule has 0 heterocycles. The van der Waals surface area contributed by atoms with Crippen LogP contribution in [0.25, 0.3) is 0 Å². The van der Waals surface area contributed by atoms with Crippen LogP contribution in [0.3, 0.4) is 0 Å². The molecule has 0 spiro atoms. The maximum absolute atomic E-state index is 13.2. The van der Waals surface area contributed by atoms with E-state index in [0.717, 1.165) is 54.8 Å². The highest BCUT2D eigenvalue weighted by Gasteiger charge is 2.30. The molecule has 0 radical (unpaired) electrons. The smallest absolute Gasteiger partial charge is 0.342 e. The first-order valence-corrected chi connectivity index (χ1v) is 15.6. The maximum Gasteiger partial charge on any atom is 0.342 e. The Morgan fingerprint density at radius 3 is 1.33 bits per heavy atom. The van der Waals surface area contributed by atoms with Gasteiger partial charge in [0, 0.05) is 5.69 Å². The molecule has 0 aliphatic rings. The third-order valence-corrected chi connectivity index (χ3v) is 7.36. The topological polar surface area (TPSA) is 265 Å². The molecule has 0 fully saturated rings. The number of carbonyl (C=O) groups is 8. The van der Waals surface area contributed by atoms with Gasteiger partial charge < -0.3 is 39.1 Å². The number of ether oxygens (including phenoxy) is 6. The summed E-state index contributed by atoms with van der Waals surface area (Å²) < 4.78 is 28.1. The van der Waals surface area contributed by atoms with Crippen LogP contribution in [-0.2, 0) is 47.6 Å². The molecule has 2 amide bonds. The highest BCUT2D eigenvalue weighted by Crippen LogP contribution is 2.28. The predicted octanol–water partition coefficient (Wildman–Crippen LogP) is 4.01. The monoisotopic (exact) mass is 782 g/mol. The lowest BCUT2D eigenvalue weighted by Crippen LogP contribution is -2.34. The first-order chi connectivity index (χ1) is 26.2. The molecule has 288 valence electrons. The van der Waals surface area contributed by atoms with Gasteiger partial charge in [-0.15, -0.1) is 0 Å². The summed E-state index contributed by atoms with van der Waals surface area (Å²) in [6, 6.07) is 7.00. The summed E-state index contributed by atoms with van der Waals surface area (Å²) in [5.74, 6) is -7.73. The van der Waals surface area contributed by atoms with Crippen molar-refractivity contribution < 1.29 is 66.8 Å². The van der Waals surface area contributed by atoms with Gasteiger partial charge >= 0.3 is 35.8 Å². The number of hydrogen-bond donors (Lipinski definition) is 2. The fraction of sp³-hybridized carbons (Fsp3) is 0.235. The van der Waals surface area contributed by atoms with Crippen molar-refractivity contribution in [2.24, 2.45) is 20.5 Å². The zero-order chi connectivity index (χ0) is 40.8. The number of halogens is 1. The first kappa shape index (κ1) is 42.3. The zero-order valence-electron chi connectivity index (χ0n) is 29.7. The summed E-state index contributed by atoms with van der Waals surface area (Å²) in [5.41, 5.74) is -0.918. The third kappa shape index (κ3) is 10.7. The minimum absolute atomic E-state index is 0.00919.